The van der Waals surface area contributed by atoms with Crippen LogP contribution < -0.4 is 0 Å². The van der Waals surface area contributed by atoms with Crippen LogP contribution in [0.1, 0.15) is 15.9 Å². The van der Waals surface area contributed by atoms with E-state index in [4.69, 9.17) is 16.6 Å². The summed E-state index contributed by atoms with van der Waals surface area (Å²) in [5.74, 6) is -0.969. The zero-order chi connectivity index (χ0) is 19.7. The van der Waals surface area contributed by atoms with Crippen LogP contribution in [0.15, 0.2) is 82.6 Å². The Kier molecular flexibility index (Phi) is 5.07. The first kappa shape index (κ1) is 18.5. The van der Waals surface area contributed by atoms with E-state index in [1.54, 1.807) is 18.2 Å². The second kappa shape index (κ2) is 7.66. The van der Waals surface area contributed by atoms with Crippen molar-refractivity contribution in [3.63, 3.8) is 0 Å². The molecule has 138 valence electrons. The molecule has 0 atom stereocenters. The molecular formula is C23H16ClNO2S. The molecule has 0 saturated heterocycles. The van der Waals surface area contributed by atoms with Gasteiger partial charge in [0.2, 0.25) is 0 Å². The van der Waals surface area contributed by atoms with Crippen molar-refractivity contribution in [1.29, 1.82) is 0 Å². The minimum Gasteiger partial charge on any atom is -0.478 e. The van der Waals surface area contributed by atoms with Crippen molar-refractivity contribution in [2.75, 3.05) is 0 Å². The first-order valence-corrected chi connectivity index (χ1v) is 9.89. The van der Waals surface area contributed by atoms with E-state index in [0.717, 1.165) is 16.0 Å². The summed E-state index contributed by atoms with van der Waals surface area (Å²) >= 11 is 7.46. The molecule has 0 bridgehead atoms. The summed E-state index contributed by atoms with van der Waals surface area (Å²) in [6.07, 6.45) is 0. The number of carboxylic acid groups (broad SMARTS) is 1. The van der Waals surface area contributed by atoms with Gasteiger partial charge in [0.25, 0.3) is 0 Å². The average Bonchev–Trinajstić information content (AvgIpc) is 2.69. The first-order valence-electron chi connectivity index (χ1n) is 8.69. The van der Waals surface area contributed by atoms with Crippen molar-refractivity contribution in [2.24, 2.45) is 0 Å². The van der Waals surface area contributed by atoms with Crippen molar-refractivity contribution in [1.82, 2.24) is 4.98 Å². The number of hydrogen-bond donors (Lipinski definition) is 1. The van der Waals surface area contributed by atoms with Crippen LogP contribution >= 0.6 is 23.4 Å². The van der Waals surface area contributed by atoms with Gasteiger partial charge >= 0.3 is 5.97 Å². The van der Waals surface area contributed by atoms with Crippen LogP contribution in [0.4, 0.5) is 0 Å². The second-order valence-corrected chi connectivity index (χ2v) is 7.93. The van der Waals surface area contributed by atoms with Gasteiger partial charge in [-0.05, 0) is 37.3 Å². The Balaban J connectivity index is 2.01. The van der Waals surface area contributed by atoms with Gasteiger partial charge < -0.3 is 5.11 Å². The maximum Gasteiger partial charge on any atom is 0.337 e. The summed E-state index contributed by atoms with van der Waals surface area (Å²) in [4.78, 5) is 18.6. The van der Waals surface area contributed by atoms with Gasteiger partial charge in [-0.1, -0.05) is 71.4 Å². The Bertz CT molecular complexity index is 1170. The molecule has 4 rings (SSSR count). The smallest absolute Gasteiger partial charge is 0.337 e. The Morgan fingerprint density at radius 1 is 0.964 bits per heavy atom. The minimum absolute atomic E-state index is 0.265. The molecule has 3 nitrogen and oxygen atoms in total. The van der Waals surface area contributed by atoms with Crippen LogP contribution in [0.3, 0.4) is 0 Å². The highest BCUT2D eigenvalue weighted by molar-refractivity contribution is 7.99. The molecule has 0 aliphatic heterocycles. The molecule has 1 aromatic heterocycles. The zero-order valence-corrected chi connectivity index (χ0v) is 16.6. The fourth-order valence-corrected chi connectivity index (χ4v) is 4.23. The standard InChI is InChI=1S/C23H16ClNO2S/c1-14-6-12-17(13-7-14)28-22-20(23(26)27)18-4-2-3-5-19(18)25-21(22)15-8-10-16(24)11-9-15/h2-13H,1H3,(H,26,27). The highest BCUT2D eigenvalue weighted by Crippen LogP contribution is 2.40. The lowest BCUT2D eigenvalue weighted by atomic mass is 10.0. The van der Waals surface area contributed by atoms with Gasteiger partial charge in [0, 0.05) is 20.9 Å². The van der Waals surface area contributed by atoms with Crippen LogP contribution in [-0.2, 0) is 0 Å². The fourth-order valence-electron chi connectivity index (χ4n) is 3.03. The molecule has 0 amide bonds. The molecule has 5 heteroatoms. The summed E-state index contributed by atoms with van der Waals surface area (Å²) in [5, 5.41) is 11.3. The summed E-state index contributed by atoms with van der Waals surface area (Å²) in [6.45, 7) is 2.02. The Morgan fingerprint density at radius 3 is 2.32 bits per heavy atom. The number of aromatic nitrogens is 1. The molecule has 0 spiro atoms. The molecule has 0 aliphatic rings. The van der Waals surface area contributed by atoms with Gasteiger partial charge in [0.1, 0.15) is 0 Å². The van der Waals surface area contributed by atoms with Crippen LogP contribution in [0.5, 0.6) is 0 Å². The van der Waals surface area contributed by atoms with Gasteiger partial charge in [-0.15, -0.1) is 0 Å². The van der Waals surface area contributed by atoms with Crippen molar-refractivity contribution in [3.8, 4) is 11.3 Å². The van der Waals surface area contributed by atoms with Crippen molar-refractivity contribution < 1.29 is 9.90 Å². The van der Waals surface area contributed by atoms with Crippen molar-refractivity contribution in [3.05, 3.63) is 88.9 Å². The molecule has 28 heavy (non-hydrogen) atoms. The third-order valence-corrected chi connectivity index (χ3v) is 5.78. The molecular weight excluding hydrogens is 390 g/mol. The molecule has 0 aliphatic carbocycles. The Labute approximate surface area is 172 Å². The maximum atomic E-state index is 12.3. The number of halogens is 1. The summed E-state index contributed by atoms with van der Waals surface area (Å²) < 4.78 is 0. The monoisotopic (exact) mass is 405 g/mol. The molecule has 0 radical (unpaired) electrons. The number of carboxylic acids is 1. The van der Waals surface area contributed by atoms with Crippen molar-refractivity contribution in [2.45, 2.75) is 16.7 Å². The van der Waals surface area contributed by atoms with Crippen LogP contribution in [0.2, 0.25) is 5.02 Å². The van der Waals surface area contributed by atoms with E-state index in [-0.39, 0.29) is 5.56 Å². The molecule has 0 unspecified atom stereocenters. The number of fused-ring (bicyclic) bond motifs is 1. The predicted molar refractivity (Wildman–Crippen MR) is 114 cm³/mol. The number of carbonyl (C=O) groups is 1. The van der Waals surface area contributed by atoms with Crippen LogP contribution in [0.25, 0.3) is 22.2 Å². The molecule has 0 fully saturated rings. The summed E-state index contributed by atoms with van der Waals surface area (Å²) in [7, 11) is 0. The number of nitrogens with zero attached hydrogens (tertiary/aromatic N) is 1. The van der Waals surface area contributed by atoms with Crippen molar-refractivity contribution >= 4 is 40.2 Å². The highest BCUT2D eigenvalue weighted by atomic mass is 35.5. The van der Waals surface area contributed by atoms with E-state index in [9.17, 15) is 9.90 Å². The highest BCUT2D eigenvalue weighted by Gasteiger charge is 2.22. The number of aromatic carboxylic acids is 1. The van der Waals surface area contributed by atoms with Crippen LogP contribution in [-0.4, -0.2) is 16.1 Å². The second-order valence-electron chi connectivity index (χ2n) is 6.41. The lowest BCUT2D eigenvalue weighted by Crippen LogP contribution is -2.04. The fraction of sp³-hybridized carbons (Fsp3) is 0.0435. The topological polar surface area (TPSA) is 50.2 Å². The molecule has 4 aromatic rings. The van der Waals surface area contributed by atoms with E-state index >= 15 is 0 Å². The number of hydrogen-bond acceptors (Lipinski definition) is 3. The van der Waals surface area contributed by atoms with E-state index in [1.165, 1.54) is 11.8 Å². The van der Waals surface area contributed by atoms with Gasteiger partial charge in [-0.3, -0.25) is 0 Å². The largest absolute Gasteiger partial charge is 0.478 e. The molecule has 1 N–H and O–H groups in total. The first-order chi connectivity index (χ1) is 13.5. The zero-order valence-electron chi connectivity index (χ0n) is 15.0. The van der Waals surface area contributed by atoms with E-state index < -0.39 is 5.97 Å². The van der Waals surface area contributed by atoms with Gasteiger partial charge in [0.15, 0.2) is 0 Å². The summed E-state index contributed by atoms with van der Waals surface area (Å²) in [6, 6.07) is 22.6. The average molecular weight is 406 g/mol. The van der Waals surface area contributed by atoms with Gasteiger partial charge in [0.05, 0.1) is 21.7 Å². The quantitative estimate of drug-likeness (QED) is 0.409. The third-order valence-electron chi connectivity index (χ3n) is 4.42. The van der Waals surface area contributed by atoms with E-state index in [1.807, 2.05) is 61.5 Å². The van der Waals surface area contributed by atoms with E-state index in [2.05, 4.69) is 0 Å². The molecule has 1 heterocycles. The Hall–Kier alpha value is -2.82. The third kappa shape index (κ3) is 3.61. The number of rotatable bonds is 4. The van der Waals surface area contributed by atoms with Crippen LogP contribution in [0, 0.1) is 6.92 Å². The van der Waals surface area contributed by atoms with Gasteiger partial charge in [-0.2, -0.15) is 0 Å². The maximum absolute atomic E-state index is 12.3. The number of para-hydroxylation sites is 1. The SMILES string of the molecule is Cc1ccc(Sc2c(-c3ccc(Cl)cc3)nc3ccccc3c2C(=O)O)cc1. The van der Waals surface area contributed by atoms with Gasteiger partial charge in [-0.25, -0.2) is 9.78 Å². The normalized spacial score (nSPS) is 10.9. The predicted octanol–water partition coefficient (Wildman–Crippen LogP) is 6.71. The number of pyridine rings is 1. The number of benzene rings is 3. The lowest BCUT2D eigenvalue weighted by molar-refractivity contribution is 0.0695. The summed E-state index contributed by atoms with van der Waals surface area (Å²) in [5.41, 5.74) is 3.53. The molecule has 0 saturated carbocycles. The Morgan fingerprint density at radius 2 is 1.64 bits per heavy atom. The minimum atomic E-state index is -0.969. The lowest BCUT2D eigenvalue weighted by Gasteiger charge is -2.15. The number of aryl methyl sites for hydroxylation is 1. The molecule has 3 aromatic carbocycles. The van der Waals surface area contributed by atoms with E-state index in [0.29, 0.717) is 26.5 Å².